The second-order valence-corrected chi connectivity index (χ2v) is 7.59. The fourth-order valence-corrected chi connectivity index (χ4v) is 4.14. The number of rotatable bonds is 5. The van der Waals surface area contributed by atoms with E-state index in [-0.39, 0.29) is 60.6 Å². The number of amides is 2. The number of carbonyl (C=O) groups excluding carboxylic acids is 2. The maximum atomic E-state index is 12.8. The fourth-order valence-electron chi connectivity index (χ4n) is 4.14. The Labute approximate surface area is 185 Å². The number of nitrogens with one attached hydrogen (secondary N) is 1. The van der Waals surface area contributed by atoms with Gasteiger partial charge in [-0.05, 0) is 44.2 Å². The summed E-state index contributed by atoms with van der Waals surface area (Å²) in [5.74, 6) is 0.188. The van der Waals surface area contributed by atoms with Gasteiger partial charge in [-0.3, -0.25) is 14.6 Å². The molecule has 9 heteroatoms. The molecule has 3 atom stereocenters. The molecule has 164 valence electrons. The maximum absolute atomic E-state index is 12.8. The Morgan fingerprint density at radius 1 is 1.17 bits per heavy atom. The number of aromatic nitrogens is 1. The van der Waals surface area contributed by atoms with E-state index in [1.54, 1.807) is 13.3 Å². The number of ether oxygens (including phenoxy) is 1. The molecular formula is C20H32Cl2N4O3. The molecular weight excluding hydrogens is 415 g/mol. The van der Waals surface area contributed by atoms with E-state index in [2.05, 4.69) is 10.3 Å². The smallest absolute Gasteiger partial charge is 0.225 e. The van der Waals surface area contributed by atoms with Gasteiger partial charge in [0.25, 0.3) is 0 Å². The van der Waals surface area contributed by atoms with Gasteiger partial charge >= 0.3 is 0 Å². The van der Waals surface area contributed by atoms with Gasteiger partial charge in [-0.2, -0.15) is 0 Å². The summed E-state index contributed by atoms with van der Waals surface area (Å²) in [4.78, 5) is 31.3. The van der Waals surface area contributed by atoms with E-state index in [0.717, 1.165) is 18.5 Å². The second-order valence-electron chi connectivity index (χ2n) is 7.59. The van der Waals surface area contributed by atoms with Crippen molar-refractivity contribution in [2.24, 2.45) is 17.6 Å². The third kappa shape index (κ3) is 6.81. The summed E-state index contributed by atoms with van der Waals surface area (Å²) < 4.78 is 5.37. The first-order valence-electron chi connectivity index (χ1n) is 9.83. The van der Waals surface area contributed by atoms with Crippen LogP contribution in [0.1, 0.15) is 37.8 Å². The Morgan fingerprint density at radius 2 is 1.90 bits per heavy atom. The number of hydrogen-bond acceptors (Lipinski definition) is 5. The van der Waals surface area contributed by atoms with E-state index < -0.39 is 0 Å². The van der Waals surface area contributed by atoms with E-state index in [0.29, 0.717) is 38.9 Å². The summed E-state index contributed by atoms with van der Waals surface area (Å²) in [6, 6.07) is 5.58. The quantitative estimate of drug-likeness (QED) is 0.719. The molecule has 2 fully saturated rings. The number of pyridine rings is 1. The predicted octanol–water partition coefficient (Wildman–Crippen LogP) is 1.92. The molecule has 1 aliphatic heterocycles. The van der Waals surface area contributed by atoms with Crippen LogP contribution in [0.25, 0.3) is 0 Å². The molecule has 1 aromatic heterocycles. The molecule has 3 rings (SSSR count). The number of nitrogens with two attached hydrogens (primary N) is 1. The molecule has 1 saturated heterocycles. The number of carbonyl (C=O) groups is 2. The second kappa shape index (κ2) is 12.3. The SMILES string of the molecule is CO[C@@H]1CC[C@H](C(=O)N2CCC(C(=O)NCc3ccccn3)CC2)C[C@H]1N.Cl.Cl. The van der Waals surface area contributed by atoms with Gasteiger partial charge in [0.1, 0.15) is 0 Å². The van der Waals surface area contributed by atoms with Gasteiger partial charge in [0.2, 0.25) is 11.8 Å². The molecule has 2 heterocycles. The van der Waals surface area contributed by atoms with Crippen molar-refractivity contribution in [2.75, 3.05) is 20.2 Å². The van der Waals surface area contributed by atoms with Gasteiger partial charge in [0.05, 0.1) is 18.3 Å². The van der Waals surface area contributed by atoms with E-state index in [4.69, 9.17) is 10.5 Å². The monoisotopic (exact) mass is 446 g/mol. The molecule has 29 heavy (non-hydrogen) atoms. The number of halogens is 2. The summed E-state index contributed by atoms with van der Waals surface area (Å²) in [5, 5.41) is 2.96. The summed E-state index contributed by atoms with van der Waals surface area (Å²) >= 11 is 0. The molecule has 2 amide bonds. The summed E-state index contributed by atoms with van der Waals surface area (Å²) in [6.45, 7) is 1.72. The third-order valence-corrected chi connectivity index (χ3v) is 5.83. The number of hydrogen-bond donors (Lipinski definition) is 2. The molecule has 0 radical (unpaired) electrons. The highest BCUT2D eigenvalue weighted by atomic mass is 35.5. The summed E-state index contributed by atoms with van der Waals surface area (Å²) in [5.41, 5.74) is 6.99. The Kier molecular flexibility index (Phi) is 10.9. The van der Waals surface area contributed by atoms with E-state index in [9.17, 15) is 9.59 Å². The molecule has 1 aliphatic carbocycles. The zero-order chi connectivity index (χ0) is 19.2. The number of methoxy groups -OCH3 is 1. The maximum Gasteiger partial charge on any atom is 0.225 e. The van der Waals surface area contributed by atoms with Crippen molar-refractivity contribution in [1.82, 2.24) is 15.2 Å². The van der Waals surface area contributed by atoms with Crippen LogP contribution >= 0.6 is 24.8 Å². The van der Waals surface area contributed by atoms with Crippen molar-refractivity contribution in [3.63, 3.8) is 0 Å². The van der Waals surface area contributed by atoms with Gasteiger partial charge in [-0.1, -0.05) is 6.07 Å². The predicted molar refractivity (Wildman–Crippen MR) is 116 cm³/mol. The lowest BCUT2D eigenvalue weighted by Crippen LogP contribution is -2.49. The van der Waals surface area contributed by atoms with Gasteiger partial charge in [-0.25, -0.2) is 0 Å². The van der Waals surface area contributed by atoms with Crippen LogP contribution in [0.5, 0.6) is 0 Å². The number of likely N-dealkylation sites (tertiary alicyclic amines) is 1. The van der Waals surface area contributed by atoms with Crippen LogP contribution in [0.2, 0.25) is 0 Å². The Morgan fingerprint density at radius 3 is 2.48 bits per heavy atom. The van der Waals surface area contributed by atoms with Crippen molar-refractivity contribution in [3.8, 4) is 0 Å². The van der Waals surface area contributed by atoms with Gasteiger partial charge < -0.3 is 20.7 Å². The van der Waals surface area contributed by atoms with Gasteiger partial charge in [-0.15, -0.1) is 24.8 Å². The number of nitrogens with zero attached hydrogens (tertiary/aromatic N) is 2. The lowest BCUT2D eigenvalue weighted by atomic mass is 9.82. The van der Waals surface area contributed by atoms with Crippen molar-refractivity contribution >= 4 is 36.6 Å². The number of piperidine rings is 1. The lowest BCUT2D eigenvalue weighted by Gasteiger charge is -2.37. The van der Waals surface area contributed by atoms with E-state index >= 15 is 0 Å². The molecule has 0 bridgehead atoms. The Hall–Kier alpha value is -1.41. The third-order valence-electron chi connectivity index (χ3n) is 5.83. The molecule has 2 aliphatic rings. The Bertz CT molecular complexity index is 642. The van der Waals surface area contributed by atoms with Crippen LogP contribution in [0, 0.1) is 11.8 Å². The highest BCUT2D eigenvalue weighted by Gasteiger charge is 2.35. The minimum absolute atomic E-state index is 0. The van der Waals surface area contributed by atoms with Crippen molar-refractivity contribution in [1.29, 1.82) is 0 Å². The normalized spacial score (nSPS) is 24.8. The highest BCUT2D eigenvalue weighted by Crippen LogP contribution is 2.28. The topological polar surface area (TPSA) is 97.5 Å². The van der Waals surface area contributed by atoms with Crippen LogP contribution in [-0.2, 0) is 20.9 Å². The first kappa shape index (κ1) is 25.6. The molecule has 3 N–H and O–H groups in total. The molecule has 1 aromatic rings. The average Bonchev–Trinajstić information content (AvgIpc) is 2.72. The van der Waals surface area contributed by atoms with Crippen LogP contribution in [0.3, 0.4) is 0 Å². The molecule has 0 aromatic carbocycles. The zero-order valence-corrected chi connectivity index (χ0v) is 18.4. The van der Waals surface area contributed by atoms with Crippen LogP contribution in [-0.4, -0.2) is 54.0 Å². The highest BCUT2D eigenvalue weighted by molar-refractivity contribution is 5.85. The molecule has 7 nitrogen and oxygen atoms in total. The summed E-state index contributed by atoms with van der Waals surface area (Å²) in [6.07, 6.45) is 5.54. The van der Waals surface area contributed by atoms with Gasteiger partial charge in [0, 0.05) is 44.3 Å². The largest absolute Gasteiger partial charge is 0.380 e. The van der Waals surface area contributed by atoms with Crippen molar-refractivity contribution in [2.45, 2.75) is 50.8 Å². The first-order valence-corrected chi connectivity index (χ1v) is 9.83. The van der Waals surface area contributed by atoms with Crippen molar-refractivity contribution in [3.05, 3.63) is 30.1 Å². The average molecular weight is 447 g/mol. The van der Waals surface area contributed by atoms with E-state index in [1.165, 1.54) is 0 Å². The van der Waals surface area contributed by atoms with Crippen LogP contribution in [0.4, 0.5) is 0 Å². The van der Waals surface area contributed by atoms with Crippen LogP contribution in [0.15, 0.2) is 24.4 Å². The van der Waals surface area contributed by atoms with Crippen molar-refractivity contribution < 1.29 is 14.3 Å². The summed E-state index contributed by atoms with van der Waals surface area (Å²) in [7, 11) is 1.68. The van der Waals surface area contributed by atoms with Gasteiger partial charge in [0.15, 0.2) is 0 Å². The molecule has 0 unspecified atom stereocenters. The Balaban J connectivity index is 0.00000210. The molecule has 1 saturated carbocycles. The van der Waals surface area contributed by atoms with Crippen LogP contribution < -0.4 is 11.1 Å². The zero-order valence-electron chi connectivity index (χ0n) is 16.8. The minimum Gasteiger partial charge on any atom is -0.380 e. The lowest BCUT2D eigenvalue weighted by molar-refractivity contribution is -0.141. The molecule has 0 spiro atoms. The fraction of sp³-hybridized carbons (Fsp3) is 0.650. The van der Waals surface area contributed by atoms with E-state index in [1.807, 2.05) is 23.1 Å². The minimum atomic E-state index is -0.0763. The standard InChI is InChI=1S/C20H30N4O3.2ClH/c1-27-18-6-5-15(12-17(18)21)20(26)24-10-7-14(8-11-24)19(25)23-13-16-4-2-3-9-22-16;;/h2-4,9,14-15,17-18H,5-8,10-13,21H2,1H3,(H,23,25);2*1H/t15-,17+,18+;;/m0../s1. The first-order chi connectivity index (χ1) is 13.1.